The number of benzene rings is 3. The number of fused-ring (bicyclic) bond motifs is 1. The maximum Gasteiger partial charge on any atom is 0.430 e. The molecule has 1 heterocycles. The number of hydrogen-bond donors (Lipinski definition) is 1. The Bertz CT molecular complexity index is 1400. The van der Waals surface area contributed by atoms with E-state index in [9.17, 15) is 36.2 Å². The van der Waals surface area contributed by atoms with Crippen molar-refractivity contribution in [1.29, 1.82) is 0 Å². The predicted molar refractivity (Wildman–Crippen MR) is 117 cm³/mol. The molecule has 1 aromatic heterocycles. The van der Waals surface area contributed by atoms with Crippen LogP contribution in [0.5, 0.6) is 0 Å². The molecule has 0 bridgehead atoms. The number of aliphatic hydroxyl groups is 1. The SMILES string of the molecule is CC(c1ccccc1)c1nc2ccccc2c(=O)n1-c1ccc(C(O)(C(F)(F)F)C(F)(F)F)cc1. The second kappa shape index (κ2) is 8.53. The number of hydrogen-bond acceptors (Lipinski definition) is 3. The average molecular weight is 492 g/mol. The van der Waals surface area contributed by atoms with Crippen LogP contribution in [0.15, 0.2) is 83.7 Å². The minimum atomic E-state index is -6.01. The maximum absolute atomic E-state index is 13.4. The van der Waals surface area contributed by atoms with Crippen molar-refractivity contribution in [3.8, 4) is 5.69 Å². The number of nitrogens with zero attached hydrogens (tertiary/aromatic N) is 2. The van der Waals surface area contributed by atoms with Gasteiger partial charge in [0.05, 0.1) is 16.6 Å². The van der Waals surface area contributed by atoms with Gasteiger partial charge in [-0.05, 0) is 29.8 Å². The van der Waals surface area contributed by atoms with E-state index in [0.717, 1.165) is 22.3 Å². The topological polar surface area (TPSA) is 55.1 Å². The molecule has 0 saturated carbocycles. The number of aromatic nitrogens is 2. The molecule has 1 unspecified atom stereocenters. The van der Waals surface area contributed by atoms with Gasteiger partial charge >= 0.3 is 12.4 Å². The van der Waals surface area contributed by atoms with Gasteiger partial charge in [0.25, 0.3) is 11.2 Å². The van der Waals surface area contributed by atoms with Crippen LogP contribution in [0.1, 0.15) is 29.8 Å². The molecule has 0 aliphatic rings. The van der Waals surface area contributed by atoms with Crippen molar-refractivity contribution in [2.75, 3.05) is 0 Å². The lowest BCUT2D eigenvalue weighted by Gasteiger charge is -2.32. The molecular formula is C25H18F6N2O2. The highest BCUT2D eigenvalue weighted by molar-refractivity contribution is 5.78. The smallest absolute Gasteiger partial charge is 0.369 e. The summed E-state index contributed by atoms with van der Waals surface area (Å²) >= 11 is 0. The van der Waals surface area contributed by atoms with Gasteiger partial charge in [0.2, 0.25) is 0 Å². The zero-order valence-corrected chi connectivity index (χ0v) is 18.1. The molecule has 0 aliphatic carbocycles. The van der Waals surface area contributed by atoms with Crippen molar-refractivity contribution < 1.29 is 31.4 Å². The molecular weight excluding hydrogens is 474 g/mol. The summed E-state index contributed by atoms with van der Waals surface area (Å²) in [7, 11) is 0. The van der Waals surface area contributed by atoms with Crippen LogP contribution in [0.4, 0.5) is 26.3 Å². The van der Waals surface area contributed by atoms with Gasteiger partial charge in [0, 0.05) is 11.5 Å². The molecule has 0 radical (unpaired) electrons. The van der Waals surface area contributed by atoms with Gasteiger partial charge in [-0.3, -0.25) is 9.36 Å². The van der Waals surface area contributed by atoms with Gasteiger partial charge in [-0.1, -0.05) is 61.5 Å². The number of para-hydroxylation sites is 1. The maximum atomic E-state index is 13.4. The molecule has 4 rings (SSSR count). The zero-order chi connectivity index (χ0) is 25.6. The Kier molecular flexibility index (Phi) is 5.96. The fraction of sp³-hybridized carbons (Fsp3) is 0.200. The van der Waals surface area contributed by atoms with Gasteiger partial charge in [-0.15, -0.1) is 0 Å². The first-order chi connectivity index (χ1) is 16.4. The summed E-state index contributed by atoms with van der Waals surface area (Å²) in [6, 6.07) is 18.4. The van der Waals surface area contributed by atoms with Crippen LogP contribution < -0.4 is 5.56 Å². The average Bonchev–Trinajstić information content (AvgIpc) is 2.82. The molecule has 10 heteroatoms. The molecule has 1 atom stereocenters. The highest BCUT2D eigenvalue weighted by atomic mass is 19.4. The molecule has 0 fully saturated rings. The molecule has 182 valence electrons. The Balaban J connectivity index is 1.93. The number of rotatable bonds is 4. The Morgan fingerprint density at radius 1 is 0.800 bits per heavy atom. The largest absolute Gasteiger partial charge is 0.430 e. The Morgan fingerprint density at radius 2 is 1.34 bits per heavy atom. The fourth-order valence-corrected chi connectivity index (χ4v) is 3.92. The summed E-state index contributed by atoms with van der Waals surface area (Å²) in [5.41, 5.74) is -5.83. The van der Waals surface area contributed by atoms with E-state index in [2.05, 4.69) is 4.98 Å². The second-order valence-electron chi connectivity index (χ2n) is 8.01. The van der Waals surface area contributed by atoms with Gasteiger partial charge in [-0.2, -0.15) is 26.3 Å². The number of alkyl halides is 6. The van der Waals surface area contributed by atoms with Crippen molar-refractivity contribution in [3.05, 3.63) is 106 Å². The van der Waals surface area contributed by atoms with Crippen LogP contribution in [-0.4, -0.2) is 27.0 Å². The number of halogens is 6. The first-order valence-electron chi connectivity index (χ1n) is 10.4. The van der Waals surface area contributed by atoms with Gasteiger partial charge in [0.1, 0.15) is 5.82 Å². The molecule has 4 aromatic rings. The highest BCUT2D eigenvalue weighted by Gasteiger charge is 2.71. The van der Waals surface area contributed by atoms with Crippen LogP contribution in [0.3, 0.4) is 0 Å². The molecule has 4 nitrogen and oxygen atoms in total. The first kappa shape index (κ1) is 24.5. The molecule has 3 aromatic carbocycles. The Morgan fingerprint density at radius 3 is 1.91 bits per heavy atom. The molecule has 0 spiro atoms. The summed E-state index contributed by atoms with van der Waals surface area (Å²) in [5.74, 6) is -0.204. The third-order valence-corrected chi connectivity index (χ3v) is 5.85. The summed E-state index contributed by atoms with van der Waals surface area (Å²) in [4.78, 5) is 18.0. The van der Waals surface area contributed by atoms with E-state index in [1.54, 1.807) is 43.3 Å². The molecule has 0 aliphatic heterocycles. The lowest BCUT2D eigenvalue weighted by Crippen LogP contribution is -2.53. The van der Waals surface area contributed by atoms with E-state index >= 15 is 0 Å². The predicted octanol–water partition coefficient (Wildman–Crippen LogP) is 5.85. The second-order valence-corrected chi connectivity index (χ2v) is 8.01. The van der Waals surface area contributed by atoms with Gasteiger partial charge in [-0.25, -0.2) is 4.98 Å². The van der Waals surface area contributed by atoms with Crippen LogP contribution in [0.2, 0.25) is 0 Å². The van der Waals surface area contributed by atoms with E-state index in [1.165, 1.54) is 6.07 Å². The van der Waals surface area contributed by atoms with Crippen molar-refractivity contribution >= 4 is 10.9 Å². The minimum Gasteiger partial charge on any atom is -0.369 e. The Hall–Kier alpha value is -3.66. The quantitative estimate of drug-likeness (QED) is 0.364. The third kappa shape index (κ3) is 4.07. The van der Waals surface area contributed by atoms with Crippen molar-refractivity contribution in [3.63, 3.8) is 0 Å². The van der Waals surface area contributed by atoms with Crippen LogP contribution in [0, 0.1) is 0 Å². The standard InChI is InChI=1S/C25H18F6N2O2/c1-15(16-7-3-2-4-8-16)21-32-20-10-6-5-9-19(20)22(34)33(21)18-13-11-17(12-14-18)23(35,24(26,27)28)25(29,30)31/h2-15,35H,1H3. The molecule has 0 amide bonds. The van der Waals surface area contributed by atoms with Crippen molar-refractivity contribution in [1.82, 2.24) is 9.55 Å². The lowest BCUT2D eigenvalue weighted by molar-refractivity contribution is -0.376. The van der Waals surface area contributed by atoms with Crippen LogP contribution in [0.25, 0.3) is 16.6 Å². The summed E-state index contributed by atoms with van der Waals surface area (Å²) < 4.78 is 80.8. The van der Waals surface area contributed by atoms with E-state index in [-0.39, 0.29) is 16.9 Å². The monoisotopic (exact) mass is 492 g/mol. The van der Waals surface area contributed by atoms with Crippen LogP contribution >= 0.6 is 0 Å². The van der Waals surface area contributed by atoms with Gasteiger partial charge in [0.15, 0.2) is 0 Å². The first-order valence-corrected chi connectivity index (χ1v) is 10.4. The lowest BCUT2D eigenvalue weighted by atomic mass is 9.92. The van der Waals surface area contributed by atoms with E-state index in [4.69, 9.17) is 0 Å². The van der Waals surface area contributed by atoms with Crippen molar-refractivity contribution in [2.24, 2.45) is 0 Å². The Labute approximate surface area is 195 Å². The van der Waals surface area contributed by atoms with Crippen molar-refractivity contribution in [2.45, 2.75) is 30.8 Å². The summed E-state index contributed by atoms with van der Waals surface area (Å²) in [6.07, 6.45) is -12.0. The van der Waals surface area contributed by atoms with E-state index in [1.807, 2.05) is 12.1 Å². The zero-order valence-electron chi connectivity index (χ0n) is 18.1. The summed E-state index contributed by atoms with van der Waals surface area (Å²) in [5, 5.41) is 9.90. The minimum absolute atomic E-state index is 0.00137. The molecule has 0 saturated heterocycles. The van der Waals surface area contributed by atoms with E-state index in [0.29, 0.717) is 17.6 Å². The van der Waals surface area contributed by atoms with Gasteiger partial charge < -0.3 is 5.11 Å². The third-order valence-electron chi connectivity index (χ3n) is 5.85. The molecule has 35 heavy (non-hydrogen) atoms. The summed E-state index contributed by atoms with van der Waals surface area (Å²) in [6.45, 7) is 1.78. The molecule has 1 N–H and O–H groups in total. The van der Waals surface area contributed by atoms with E-state index < -0.39 is 35.0 Å². The highest BCUT2D eigenvalue weighted by Crippen LogP contribution is 2.50. The van der Waals surface area contributed by atoms with Crippen LogP contribution in [-0.2, 0) is 5.60 Å². The fourth-order valence-electron chi connectivity index (χ4n) is 3.92. The normalized spacial score (nSPS) is 13.7.